The molecule has 0 aliphatic heterocycles. The minimum absolute atomic E-state index is 0.0964. The Kier molecular flexibility index (Phi) is 6.01. The number of ether oxygens (including phenoxy) is 1. The van der Waals surface area contributed by atoms with Crippen molar-refractivity contribution in [2.75, 3.05) is 17.1 Å². The van der Waals surface area contributed by atoms with Crippen molar-refractivity contribution in [1.82, 2.24) is 0 Å². The van der Waals surface area contributed by atoms with Crippen LogP contribution in [-0.4, -0.2) is 26.4 Å². The number of sulfonamides is 1. The molecule has 2 rings (SSSR count). The quantitative estimate of drug-likeness (QED) is 0.550. The van der Waals surface area contributed by atoms with E-state index in [0.29, 0.717) is 5.75 Å². The molecule has 2 aromatic rings. The van der Waals surface area contributed by atoms with E-state index in [4.69, 9.17) is 4.74 Å². The van der Waals surface area contributed by atoms with Gasteiger partial charge in [-0.3, -0.25) is 19.6 Å². The molecule has 2 aromatic carbocycles. The number of carbonyl (C=O) groups excluding carboxylic acids is 1. The van der Waals surface area contributed by atoms with Crippen molar-refractivity contribution in [2.45, 2.75) is 25.2 Å². The van der Waals surface area contributed by atoms with Crippen molar-refractivity contribution in [3.05, 3.63) is 52.1 Å². The van der Waals surface area contributed by atoms with Crippen LogP contribution in [0.2, 0.25) is 0 Å². The van der Waals surface area contributed by atoms with Gasteiger partial charge in [-0.1, -0.05) is 13.0 Å². The van der Waals surface area contributed by atoms with Crippen LogP contribution in [0.25, 0.3) is 0 Å². The number of hydrogen-bond acceptors (Lipinski definition) is 6. The third-order valence-corrected chi connectivity index (χ3v) is 5.19. The molecule has 0 bridgehead atoms. The molecule has 2 N–H and O–H groups in total. The SMILES string of the molecule is CCC(=O)Nc1cc(S(=O)(=O)Nc2cccc([N+](=O)[O-])c2C)ccc1OC. The summed E-state index contributed by atoms with van der Waals surface area (Å²) in [4.78, 5) is 22.0. The highest BCUT2D eigenvalue weighted by Crippen LogP contribution is 2.30. The van der Waals surface area contributed by atoms with Gasteiger partial charge in [-0.05, 0) is 31.2 Å². The summed E-state index contributed by atoms with van der Waals surface area (Å²) in [6, 6.07) is 8.11. The van der Waals surface area contributed by atoms with Gasteiger partial charge in [0.25, 0.3) is 15.7 Å². The summed E-state index contributed by atoms with van der Waals surface area (Å²) >= 11 is 0. The second-order valence-electron chi connectivity index (χ2n) is 5.58. The molecule has 0 aromatic heterocycles. The maximum atomic E-state index is 12.7. The second kappa shape index (κ2) is 8.04. The summed E-state index contributed by atoms with van der Waals surface area (Å²) in [7, 11) is -2.65. The van der Waals surface area contributed by atoms with E-state index in [1.807, 2.05) is 0 Å². The predicted molar refractivity (Wildman–Crippen MR) is 101 cm³/mol. The van der Waals surface area contributed by atoms with Crippen molar-refractivity contribution in [3.8, 4) is 5.75 Å². The van der Waals surface area contributed by atoms with Crippen LogP contribution in [-0.2, 0) is 14.8 Å². The molecule has 0 heterocycles. The maximum absolute atomic E-state index is 12.7. The lowest BCUT2D eigenvalue weighted by atomic mass is 10.2. The highest BCUT2D eigenvalue weighted by Gasteiger charge is 2.21. The maximum Gasteiger partial charge on any atom is 0.274 e. The molecule has 27 heavy (non-hydrogen) atoms. The minimum atomic E-state index is -4.05. The van der Waals surface area contributed by atoms with Crippen molar-refractivity contribution in [3.63, 3.8) is 0 Å². The van der Waals surface area contributed by atoms with E-state index in [0.717, 1.165) is 0 Å². The molecule has 0 atom stereocenters. The number of nitrogens with one attached hydrogen (secondary N) is 2. The normalized spacial score (nSPS) is 10.9. The molecular weight excluding hydrogens is 374 g/mol. The van der Waals surface area contributed by atoms with Crippen molar-refractivity contribution < 1.29 is 22.9 Å². The number of nitrogens with zero attached hydrogens (tertiary/aromatic N) is 1. The van der Waals surface area contributed by atoms with Crippen molar-refractivity contribution >= 4 is 33.0 Å². The fourth-order valence-corrected chi connectivity index (χ4v) is 3.47. The largest absolute Gasteiger partial charge is 0.495 e. The Morgan fingerprint density at radius 1 is 1.22 bits per heavy atom. The summed E-state index contributed by atoms with van der Waals surface area (Å²) in [5, 5.41) is 13.6. The lowest BCUT2D eigenvalue weighted by molar-refractivity contribution is -0.385. The van der Waals surface area contributed by atoms with E-state index < -0.39 is 14.9 Å². The van der Waals surface area contributed by atoms with Gasteiger partial charge in [0.2, 0.25) is 5.91 Å². The number of anilines is 2. The first-order valence-electron chi connectivity index (χ1n) is 7.94. The Balaban J connectivity index is 2.42. The van der Waals surface area contributed by atoms with Crippen LogP contribution < -0.4 is 14.8 Å². The number of hydrogen-bond donors (Lipinski definition) is 2. The Labute approximate surface area is 156 Å². The zero-order chi connectivity index (χ0) is 20.2. The highest BCUT2D eigenvalue weighted by atomic mass is 32.2. The lowest BCUT2D eigenvalue weighted by Crippen LogP contribution is -2.16. The second-order valence-corrected chi connectivity index (χ2v) is 7.26. The summed E-state index contributed by atoms with van der Waals surface area (Å²) in [6.45, 7) is 3.12. The van der Waals surface area contributed by atoms with Crippen molar-refractivity contribution in [2.24, 2.45) is 0 Å². The molecule has 1 amide bonds. The Morgan fingerprint density at radius 2 is 1.93 bits per heavy atom. The van der Waals surface area contributed by atoms with Gasteiger partial charge in [0.1, 0.15) is 5.75 Å². The van der Waals surface area contributed by atoms with Gasteiger partial charge >= 0.3 is 0 Å². The van der Waals surface area contributed by atoms with E-state index in [9.17, 15) is 23.3 Å². The number of amides is 1. The number of rotatable bonds is 7. The van der Waals surface area contributed by atoms with E-state index in [-0.39, 0.29) is 39.8 Å². The predicted octanol–water partition coefficient (Wildman–Crippen LogP) is 3.06. The van der Waals surface area contributed by atoms with Crippen LogP contribution in [0.15, 0.2) is 41.3 Å². The monoisotopic (exact) mass is 393 g/mol. The molecule has 0 aliphatic rings. The summed E-state index contributed by atoms with van der Waals surface area (Å²) in [6.07, 6.45) is 0.214. The van der Waals surface area contributed by atoms with Crippen LogP contribution in [0.4, 0.5) is 17.1 Å². The molecule has 144 valence electrons. The molecule has 10 heteroatoms. The number of carbonyl (C=O) groups is 1. The molecule has 0 radical (unpaired) electrons. The van der Waals surface area contributed by atoms with Crippen molar-refractivity contribution in [1.29, 1.82) is 0 Å². The summed E-state index contributed by atoms with van der Waals surface area (Å²) < 4.78 is 32.9. The first-order valence-corrected chi connectivity index (χ1v) is 9.42. The Bertz CT molecular complexity index is 988. The average molecular weight is 393 g/mol. The van der Waals surface area contributed by atoms with Gasteiger partial charge in [0.15, 0.2) is 0 Å². The Hall–Kier alpha value is -3.14. The van der Waals surface area contributed by atoms with E-state index in [1.54, 1.807) is 6.92 Å². The number of nitro groups is 1. The lowest BCUT2D eigenvalue weighted by Gasteiger charge is -2.14. The van der Waals surface area contributed by atoms with Gasteiger partial charge < -0.3 is 10.1 Å². The topological polar surface area (TPSA) is 128 Å². The van der Waals surface area contributed by atoms with Gasteiger partial charge in [-0.25, -0.2) is 8.42 Å². The number of benzene rings is 2. The number of methoxy groups -OCH3 is 1. The van der Waals surface area contributed by atoms with Gasteiger partial charge in [0.05, 0.1) is 33.9 Å². The van der Waals surface area contributed by atoms with Crippen LogP contribution in [0.5, 0.6) is 5.75 Å². The third kappa shape index (κ3) is 4.53. The van der Waals surface area contributed by atoms with E-state index in [1.165, 1.54) is 50.4 Å². The first-order chi connectivity index (χ1) is 12.7. The molecule has 9 nitrogen and oxygen atoms in total. The average Bonchev–Trinajstić information content (AvgIpc) is 2.62. The van der Waals surface area contributed by atoms with Crippen LogP contribution in [0.1, 0.15) is 18.9 Å². The fraction of sp³-hybridized carbons (Fsp3) is 0.235. The van der Waals surface area contributed by atoms with Gasteiger partial charge in [0, 0.05) is 12.5 Å². The van der Waals surface area contributed by atoms with Crippen LogP contribution >= 0.6 is 0 Å². The standard InChI is InChI=1S/C17H19N3O6S/c1-4-17(21)18-14-10-12(8-9-16(14)26-3)27(24,25)19-13-6-5-7-15(11(13)2)20(22)23/h5-10,19H,4H2,1-3H3,(H,18,21). The van der Waals surface area contributed by atoms with Gasteiger partial charge in [-0.15, -0.1) is 0 Å². The zero-order valence-corrected chi connectivity index (χ0v) is 15.8. The molecule has 0 spiro atoms. The first kappa shape index (κ1) is 20.2. The van der Waals surface area contributed by atoms with E-state index in [2.05, 4.69) is 10.0 Å². The molecule has 0 saturated heterocycles. The summed E-state index contributed by atoms with van der Waals surface area (Å²) in [5.41, 5.74) is 0.307. The molecule has 0 fully saturated rings. The zero-order valence-electron chi connectivity index (χ0n) is 15.0. The number of nitro benzene ring substituents is 1. The molecule has 0 aliphatic carbocycles. The third-order valence-electron chi connectivity index (χ3n) is 3.82. The summed E-state index contributed by atoms with van der Waals surface area (Å²) in [5.74, 6) is 0.00705. The molecule has 0 saturated carbocycles. The molecular formula is C17H19N3O6S. The fourth-order valence-electron chi connectivity index (χ4n) is 2.33. The highest BCUT2D eigenvalue weighted by molar-refractivity contribution is 7.92. The van der Waals surface area contributed by atoms with E-state index >= 15 is 0 Å². The molecule has 0 unspecified atom stereocenters. The van der Waals surface area contributed by atoms with Gasteiger partial charge in [-0.2, -0.15) is 0 Å². The minimum Gasteiger partial charge on any atom is -0.495 e. The smallest absolute Gasteiger partial charge is 0.274 e. The van der Waals surface area contributed by atoms with Crippen LogP contribution in [0, 0.1) is 17.0 Å². The van der Waals surface area contributed by atoms with Crippen LogP contribution in [0.3, 0.4) is 0 Å². The Morgan fingerprint density at radius 3 is 2.52 bits per heavy atom.